The number of hydrogen-bond acceptors (Lipinski definition) is 2. The maximum atomic E-state index is 5.59. The first kappa shape index (κ1) is 8.17. The zero-order chi connectivity index (χ0) is 6.62. The summed E-state index contributed by atoms with van der Waals surface area (Å²) in [6.45, 7) is 2.44. The highest BCUT2D eigenvalue weighted by Crippen LogP contribution is 2.10. The molecule has 0 bridgehead atoms. The van der Waals surface area contributed by atoms with E-state index < -0.39 is 0 Å². The fourth-order valence-corrected chi connectivity index (χ4v) is 0.333. The first-order chi connectivity index (χ1) is 3.68. The lowest BCUT2D eigenvalue weighted by Gasteiger charge is -2.17. The molecule has 0 fully saturated rings. The van der Waals surface area contributed by atoms with Crippen LogP contribution in [0.4, 0.5) is 0 Å². The fourth-order valence-electron chi connectivity index (χ4n) is 0.333. The molecule has 0 aromatic heterocycles. The molecule has 0 aromatic rings. The van der Waals surface area contributed by atoms with Gasteiger partial charge in [-0.25, -0.2) is 0 Å². The Labute approximate surface area is 54.4 Å². The highest BCUT2D eigenvalue weighted by molar-refractivity contribution is 6.05. The molecule has 0 aliphatic carbocycles. The van der Waals surface area contributed by atoms with Gasteiger partial charge in [0.25, 0.3) is 0 Å². The third-order valence-electron chi connectivity index (χ3n) is 0.923. The average molecular weight is 141 g/mol. The van der Waals surface area contributed by atoms with Crippen molar-refractivity contribution in [3.05, 3.63) is 0 Å². The Bertz CT molecular complexity index is 56.8. The second-order valence-electron chi connectivity index (χ2n) is 1.27. The van der Waals surface area contributed by atoms with Gasteiger partial charge >= 0.3 is 0 Å². The summed E-state index contributed by atoms with van der Waals surface area (Å²) in [4.78, 5) is 9.43. The Balaban J connectivity index is 3.58. The standard InChI is InChI=1S/C4H11ClNO2/c1-4-6(5,7-2)8-3/h4H2,1-3H3/q+1. The fraction of sp³-hybridized carbons (Fsp3) is 1.00. The van der Waals surface area contributed by atoms with Crippen molar-refractivity contribution >= 4 is 11.8 Å². The topological polar surface area (TPSA) is 18.5 Å². The van der Waals surface area contributed by atoms with E-state index in [-0.39, 0.29) is 4.33 Å². The van der Waals surface area contributed by atoms with Gasteiger partial charge in [-0.2, -0.15) is 9.68 Å². The highest BCUT2D eigenvalue weighted by atomic mass is 35.5. The van der Waals surface area contributed by atoms with E-state index in [0.717, 1.165) is 0 Å². The molecular formula is C4H11ClNO2+. The maximum absolute atomic E-state index is 5.59. The van der Waals surface area contributed by atoms with Crippen molar-refractivity contribution in [1.29, 1.82) is 0 Å². The van der Waals surface area contributed by atoms with Gasteiger partial charge in [0.1, 0.15) is 14.2 Å². The summed E-state index contributed by atoms with van der Waals surface area (Å²) < 4.78 is -0.319. The maximum Gasteiger partial charge on any atom is 0.245 e. The summed E-state index contributed by atoms with van der Waals surface area (Å²) >= 11 is 5.59. The molecule has 50 valence electrons. The van der Waals surface area contributed by atoms with Crippen LogP contribution < -0.4 is 0 Å². The van der Waals surface area contributed by atoms with Gasteiger partial charge in [-0.1, -0.05) is 0 Å². The van der Waals surface area contributed by atoms with E-state index in [2.05, 4.69) is 0 Å². The van der Waals surface area contributed by atoms with Crippen LogP contribution in [0.25, 0.3) is 0 Å². The van der Waals surface area contributed by atoms with Crippen molar-refractivity contribution in [2.75, 3.05) is 20.8 Å². The van der Waals surface area contributed by atoms with Crippen LogP contribution in [0.1, 0.15) is 6.92 Å². The summed E-state index contributed by atoms with van der Waals surface area (Å²) in [5.74, 6) is 0. The third-order valence-corrected chi connectivity index (χ3v) is 1.44. The molecule has 0 aliphatic rings. The molecule has 0 atom stereocenters. The Morgan fingerprint density at radius 2 is 1.75 bits per heavy atom. The zero-order valence-corrected chi connectivity index (χ0v) is 6.10. The lowest BCUT2D eigenvalue weighted by Crippen LogP contribution is -2.35. The van der Waals surface area contributed by atoms with Gasteiger partial charge in [-0.05, 0) is 6.92 Å². The summed E-state index contributed by atoms with van der Waals surface area (Å²) in [6.07, 6.45) is 0. The lowest BCUT2D eigenvalue weighted by molar-refractivity contribution is -1.16. The normalized spacial score (nSPS) is 12.0. The predicted octanol–water partition coefficient (Wildman–Crippen LogP) is 1.10. The first-order valence-electron chi connectivity index (χ1n) is 2.37. The van der Waals surface area contributed by atoms with Crippen molar-refractivity contribution in [3.8, 4) is 0 Å². The van der Waals surface area contributed by atoms with Crippen LogP contribution >= 0.6 is 11.8 Å². The quantitative estimate of drug-likeness (QED) is 0.432. The van der Waals surface area contributed by atoms with E-state index in [1.54, 1.807) is 0 Å². The number of hydrogen-bond donors (Lipinski definition) is 0. The van der Waals surface area contributed by atoms with Gasteiger partial charge in [0.15, 0.2) is 6.54 Å². The van der Waals surface area contributed by atoms with E-state index in [4.69, 9.17) is 21.5 Å². The minimum atomic E-state index is -0.319. The van der Waals surface area contributed by atoms with Crippen molar-refractivity contribution in [3.63, 3.8) is 0 Å². The SMILES string of the molecule is CC[N+](Cl)(OC)OC. The molecule has 0 saturated carbocycles. The molecule has 0 spiro atoms. The largest absolute Gasteiger partial charge is 0.245 e. The van der Waals surface area contributed by atoms with E-state index in [1.807, 2.05) is 6.92 Å². The van der Waals surface area contributed by atoms with E-state index in [1.165, 1.54) is 14.2 Å². The molecule has 0 aromatic carbocycles. The number of halogens is 1. The highest BCUT2D eigenvalue weighted by Gasteiger charge is 2.23. The molecule has 0 aliphatic heterocycles. The monoisotopic (exact) mass is 140 g/mol. The first-order valence-corrected chi connectivity index (χ1v) is 2.71. The van der Waals surface area contributed by atoms with E-state index in [0.29, 0.717) is 6.54 Å². The zero-order valence-electron chi connectivity index (χ0n) is 5.35. The molecule has 0 heterocycles. The molecule has 0 saturated heterocycles. The van der Waals surface area contributed by atoms with Gasteiger partial charge in [0, 0.05) is 0 Å². The lowest BCUT2D eigenvalue weighted by atomic mass is 10.8. The molecular weight excluding hydrogens is 130 g/mol. The van der Waals surface area contributed by atoms with E-state index >= 15 is 0 Å². The molecule has 0 amide bonds. The number of nitrogens with zero attached hydrogens (tertiary/aromatic N) is 1. The second kappa shape index (κ2) is 3.25. The Hall–Kier alpha value is 0.170. The molecule has 0 rings (SSSR count). The van der Waals surface area contributed by atoms with Crippen LogP contribution in [0.15, 0.2) is 0 Å². The predicted molar refractivity (Wildman–Crippen MR) is 30.7 cm³/mol. The van der Waals surface area contributed by atoms with Crippen LogP contribution in [-0.2, 0) is 9.68 Å². The number of quaternary nitrogens is 1. The van der Waals surface area contributed by atoms with Crippen molar-refractivity contribution in [2.45, 2.75) is 6.92 Å². The molecule has 4 heteroatoms. The summed E-state index contributed by atoms with van der Waals surface area (Å²) in [7, 11) is 2.97. The molecule has 0 N–H and O–H groups in total. The molecule has 0 unspecified atom stereocenters. The van der Waals surface area contributed by atoms with Crippen LogP contribution in [-0.4, -0.2) is 25.1 Å². The summed E-state index contributed by atoms with van der Waals surface area (Å²) in [6, 6.07) is 0. The minimum absolute atomic E-state index is 0.319. The van der Waals surface area contributed by atoms with Gasteiger partial charge in [0.05, 0.1) is 4.33 Å². The van der Waals surface area contributed by atoms with E-state index in [9.17, 15) is 0 Å². The van der Waals surface area contributed by atoms with Gasteiger partial charge < -0.3 is 0 Å². The molecule has 8 heavy (non-hydrogen) atoms. The Morgan fingerprint density at radius 1 is 1.38 bits per heavy atom. The van der Waals surface area contributed by atoms with Crippen LogP contribution in [0, 0.1) is 0 Å². The molecule has 0 radical (unpaired) electrons. The summed E-state index contributed by atoms with van der Waals surface area (Å²) in [5.41, 5.74) is 0. The van der Waals surface area contributed by atoms with Gasteiger partial charge in [-0.3, -0.25) is 0 Å². The molecule has 3 nitrogen and oxygen atoms in total. The number of hydroxylamine groups is 2. The van der Waals surface area contributed by atoms with Gasteiger partial charge in [0.2, 0.25) is 11.8 Å². The minimum Gasteiger partial charge on any atom is -0.151 e. The second-order valence-corrected chi connectivity index (χ2v) is 1.79. The Morgan fingerprint density at radius 3 is 1.75 bits per heavy atom. The van der Waals surface area contributed by atoms with Crippen molar-refractivity contribution < 1.29 is 14.0 Å². The van der Waals surface area contributed by atoms with Crippen LogP contribution in [0.3, 0.4) is 0 Å². The van der Waals surface area contributed by atoms with Gasteiger partial charge in [-0.15, -0.1) is 0 Å². The van der Waals surface area contributed by atoms with Crippen LogP contribution in [0.5, 0.6) is 0 Å². The summed E-state index contributed by atoms with van der Waals surface area (Å²) in [5, 5.41) is 0. The Kier molecular flexibility index (Phi) is 3.31. The third kappa shape index (κ3) is 1.96. The number of rotatable bonds is 3. The smallest absolute Gasteiger partial charge is 0.151 e. The van der Waals surface area contributed by atoms with Crippen LogP contribution in [0.2, 0.25) is 0 Å². The average Bonchev–Trinajstić information content (AvgIpc) is 1.87. The van der Waals surface area contributed by atoms with Crippen molar-refractivity contribution in [1.82, 2.24) is 0 Å². The van der Waals surface area contributed by atoms with Crippen molar-refractivity contribution in [2.24, 2.45) is 0 Å².